The van der Waals surface area contributed by atoms with Crippen LogP contribution >= 0.6 is 11.6 Å². The third-order valence-electron chi connectivity index (χ3n) is 0.678. The summed E-state index contributed by atoms with van der Waals surface area (Å²) in [5, 5.41) is -0.426. The van der Waals surface area contributed by atoms with Gasteiger partial charge < -0.3 is 0 Å². The fraction of sp³-hybridized carbons (Fsp3) is 0.167. The van der Waals surface area contributed by atoms with Crippen molar-refractivity contribution in [3.63, 3.8) is 0 Å². The molecule has 0 aromatic heterocycles. The molecule has 0 aliphatic carbocycles. The summed E-state index contributed by atoms with van der Waals surface area (Å²) in [5.41, 5.74) is 0.515. The van der Waals surface area contributed by atoms with Crippen molar-refractivity contribution in [2.75, 3.05) is 0 Å². The van der Waals surface area contributed by atoms with Crippen LogP contribution in [0.3, 0.4) is 0 Å². The van der Waals surface area contributed by atoms with E-state index in [-0.39, 0.29) is 0 Å². The van der Waals surface area contributed by atoms with E-state index in [0.717, 1.165) is 0 Å². The molecule has 0 aliphatic rings. The third kappa shape index (κ3) is 2.59. The molecule has 1 nitrogen and oxygen atoms in total. The molecule has 0 amide bonds. The predicted octanol–water partition coefficient (Wildman–Crippen LogP) is 1.88. The van der Waals surface area contributed by atoms with Gasteiger partial charge in [-0.15, -0.1) is 0 Å². The van der Waals surface area contributed by atoms with Crippen molar-refractivity contribution < 1.29 is 4.79 Å². The van der Waals surface area contributed by atoms with Gasteiger partial charge in [-0.2, -0.15) is 0 Å². The van der Waals surface area contributed by atoms with E-state index >= 15 is 0 Å². The summed E-state index contributed by atoms with van der Waals surface area (Å²) in [6, 6.07) is 0. The molecule has 0 rings (SSSR count). The van der Waals surface area contributed by atoms with Crippen LogP contribution in [-0.2, 0) is 4.79 Å². The molecule has 0 saturated carbocycles. The minimum atomic E-state index is -0.426. The molecule has 0 bridgehead atoms. The predicted molar refractivity (Wildman–Crippen MR) is 34.8 cm³/mol. The number of carbonyl (C=O) groups is 1. The number of hydrogen-bond acceptors (Lipinski definition) is 1. The van der Waals surface area contributed by atoms with Crippen LogP contribution in [0.4, 0.5) is 0 Å². The zero-order valence-electron chi connectivity index (χ0n) is 4.65. The van der Waals surface area contributed by atoms with E-state index < -0.39 is 5.24 Å². The molecule has 0 spiro atoms. The Hall–Kier alpha value is -0.560. The largest absolute Gasteiger partial charge is 0.276 e. The van der Waals surface area contributed by atoms with Crippen molar-refractivity contribution in [1.82, 2.24) is 0 Å². The van der Waals surface area contributed by atoms with Gasteiger partial charge in [-0.3, -0.25) is 4.79 Å². The van der Waals surface area contributed by atoms with Crippen LogP contribution in [0.25, 0.3) is 0 Å². The second kappa shape index (κ2) is 3.44. The molecule has 0 heterocycles. The van der Waals surface area contributed by atoms with Crippen molar-refractivity contribution >= 4 is 16.8 Å². The average Bonchev–Trinajstić information content (AvgIpc) is 1.67. The minimum absolute atomic E-state index is 0.426. The topological polar surface area (TPSA) is 17.1 Å². The summed E-state index contributed by atoms with van der Waals surface area (Å²) >= 11 is 5.05. The number of rotatable bonds is 2. The van der Waals surface area contributed by atoms with Crippen LogP contribution in [0, 0.1) is 0 Å². The van der Waals surface area contributed by atoms with Gasteiger partial charge in [0.2, 0.25) is 5.24 Å². The minimum Gasteiger partial charge on any atom is -0.276 e. The van der Waals surface area contributed by atoms with Gasteiger partial charge in [-0.1, -0.05) is 18.7 Å². The lowest BCUT2D eigenvalue weighted by molar-refractivity contribution is -0.108. The van der Waals surface area contributed by atoms with Gasteiger partial charge in [0.25, 0.3) is 0 Å². The Balaban J connectivity index is 3.99. The second-order valence-electron chi connectivity index (χ2n) is 1.36. The standard InChI is InChI=1S/C6H7ClO/c1-3-4-5(2)6(7)8/h3-4H,1H2,2H3. The molecule has 0 fully saturated rings. The van der Waals surface area contributed by atoms with E-state index in [0.29, 0.717) is 5.57 Å². The molecule has 2 heteroatoms. The second-order valence-corrected chi connectivity index (χ2v) is 1.70. The van der Waals surface area contributed by atoms with E-state index in [4.69, 9.17) is 11.6 Å². The first-order valence-electron chi connectivity index (χ1n) is 2.17. The number of hydrogen-bond donors (Lipinski definition) is 0. The summed E-state index contributed by atoms with van der Waals surface area (Å²) in [4.78, 5) is 10.2. The lowest BCUT2D eigenvalue weighted by atomic mass is 10.3. The van der Waals surface area contributed by atoms with Crippen LogP contribution in [-0.4, -0.2) is 5.24 Å². The number of allylic oxidation sites excluding steroid dienone is 3. The van der Waals surface area contributed by atoms with Crippen molar-refractivity contribution in [1.29, 1.82) is 0 Å². The SMILES string of the molecule is C=CC=C(C)C(=O)Cl. The smallest absolute Gasteiger partial charge is 0.248 e. The van der Waals surface area contributed by atoms with E-state index in [9.17, 15) is 4.79 Å². The van der Waals surface area contributed by atoms with Crippen molar-refractivity contribution in [3.05, 3.63) is 24.3 Å². The Kier molecular flexibility index (Phi) is 3.20. The number of carbonyl (C=O) groups excluding carboxylic acids is 1. The van der Waals surface area contributed by atoms with Gasteiger partial charge in [0.05, 0.1) is 0 Å². The summed E-state index contributed by atoms with van der Waals surface area (Å²) < 4.78 is 0. The van der Waals surface area contributed by atoms with Gasteiger partial charge >= 0.3 is 0 Å². The molecule has 0 aromatic carbocycles. The zero-order valence-corrected chi connectivity index (χ0v) is 5.40. The van der Waals surface area contributed by atoms with Crippen molar-refractivity contribution in [3.8, 4) is 0 Å². The highest BCUT2D eigenvalue weighted by Gasteiger charge is 1.93. The molecule has 0 unspecified atom stereocenters. The van der Waals surface area contributed by atoms with Gasteiger partial charge in [0, 0.05) is 5.57 Å². The van der Waals surface area contributed by atoms with E-state index in [1.165, 1.54) is 6.08 Å². The van der Waals surface area contributed by atoms with Crippen LogP contribution in [0.1, 0.15) is 6.92 Å². The summed E-state index contributed by atoms with van der Waals surface area (Å²) in [6.45, 7) is 5.03. The maximum absolute atomic E-state index is 10.2. The molecule has 0 atom stereocenters. The monoisotopic (exact) mass is 130 g/mol. The molecule has 8 heavy (non-hydrogen) atoms. The van der Waals surface area contributed by atoms with Gasteiger partial charge in [0.1, 0.15) is 0 Å². The Morgan fingerprint density at radius 1 is 1.75 bits per heavy atom. The van der Waals surface area contributed by atoms with Crippen LogP contribution in [0.5, 0.6) is 0 Å². The first-order valence-corrected chi connectivity index (χ1v) is 2.55. The number of halogens is 1. The fourth-order valence-corrected chi connectivity index (χ4v) is 0.305. The van der Waals surface area contributed by atoms with Crippen molar-refractivity contribution in [2.24, 2.45) is 0 Å². The summed E-state index contributed by atoms with van der Waals surface area (Å²) in [7, 11) is 0. The highest BCUT2D eigenvalue weighted by molar-refractivity contribution is 6.67. The van der Waals surface area contributed by atoms with Crippen LogP contribution in [0.15, 0.2) is 24.3 Å². The molecule has 0 N–H and O–H groups in total. The quantitative estimate of drug-likeness (QED) is 0.317. The van der Waals surface area contributed by atoms with E-state index in [1.54, 1.807) is 13.0 Å². The molecule has 0 saturated heterocycles. The zero-order chi connectivity index (χ0) is 6.57. The molecule has 0 aliphatic heterocycles. The maximum atomic E-state index is 10.2. The van der Waals surface area contributed by atoms with Crippen LogP contribution in [0.2, 0.25) is 0 Å². The lowest BCUT2D eigenvalue weighted by Crippen LogP contribution is -1.84. The summed E-state index contributed by atoms with van der Waals surface area (Å²) in [5.74, 6) is 0. The fourth-order valence-electron chi connectivity index (χ4n) is 0.242. The van der Waals surface area contributed by atoms with E-state index in [1.807, 2.05) is 0 Å². The normalized spacial score (nSPS) is 11.0. The van der Waals surface area contributed by atoms with Gasteiger partial charge in [0.15, 0.2) is 0 Å². The molecular weight excluding hydrogens is 124 g/mol. The molecular formula is C6H7ClO. The highest BCUT2D eigenvalue weighted by Crippen LogP contribution is 1.96. The Labute approximate surface area is 53.6 Å². The van der Waals surface area contributed by atoms with Crippen LogP contribution < -0.4 is 0 Å². The Morgan fingerprint density at radius 2 is 2.25 bits per heavy atom. The molecule has 0 radical (unpaired) electrons. The molecule has 44 valence electrons. The van der Waals surface area contributed by atoms with Crippen molar-refractivity contribution in [2.45, 2.75) is 6.92 Å². The van der Waals surface area contributed by atoms with E-state index in [2.05, 4.69) is 6.58 Å². The summed E-state index contributed by atoms with van der Waals surface area (Å²) in [6.07, 6.45) is 3.09. The Bertz CT molecular complexity index is 135. The van der Waals surface area contributed by atoms with Gasteiger partial charge in [-0.25, -0.2) is 0 Å². The third-order valence-corrected chi connectivity index (χ3v) is 0.976. The lowest BCUT2D eigenvalue weighted by Gasteiger charge is -1.83. The molecule has 0 aromatic rings. The first kappa shape index (κ1) is 7.44. The van der Waals surface area contributed by atoms with Gasteiger partial charge in [-0.05, 0) is 18.5 Å². The maximum Gasteiger partial charge on any atom is 0.248 e. The average molecular weight is 131 g/mol. The first-order chi connectivity index (χ1) is 3.68. The highest BCUT2D eigenvalue weighted by atomic mass is 35.5. The Morgan fingerprint density at radius 3 is 2.38 bits per heavy atom.